The van der Waals surface area contributed by atoms with Gasteiger partial charge in [-0.3, -0.25) is 0 Å². The van der Waals surface area contributed by atoms with E-state index in [-0.39, 0.29) is 11.6 Å². The van der Waals surface area contributed by atoms with Crippen molar-refractivity contribution in [3.63, 3.8) is 0 Å². The van der Waals surface area contributed by atoms with Crippen molar-refractivity contribution in [3.05, 3.63) is 42.0 Å². The number of anilines is 2. The van der Waals surface area contributed by atoms with E-state index in [1.54, 1.807) is 0 Å². The Kier molecular flexibility index (Phi) is 3.71. The van der Waals surface area contributed by atoms with Crippen LogP contribution in [0.4, 0.5) is 38.0 Å². The van der Waals surface area contributed by atoms with E-state index < -0.39 is 23.7 Å². The van der Waals surface area contributed by atoms with Gasteiger partial charge in [0.15, 0.2) is 0 Å². The van der Waals surface area contributed by atoms with Crippen molar-refractivity contribution in [2.75, 3.05) is 5.32 Å². The highest BCUT2D eigenvalue weighted by atomic mass is 19.4. The minimum atomic E-state index is -4.72. The Morgan fingerprint density at radius 2 is 1.52 bits per heavy atom. The van der Waals surface area contributed by atoms with Crippen molar-refractivity contribution in [1.82, 2.24) is 15.0 Å². The molecule has 0 aliphatic rings. The van der Waals surface area contributed by atoms with Crippen LogP contribution in [0, 0.1) is 0 Å². The lowest BCUT2D eigenvalue weighted by Gasteiger charge is -2.09. The van der Waals surface area contributed by atoms with Gasteiger partial charge >= 0.3 is 12.4 Å². The lowest BCUT2D eigenvalue weighted by atomic mass is 10.3. The Balaban J connectivity index is 2.19. The van der Waals surface area contributed by atoms with E-state index in [1.165, 1.54) is 0 Å². The SMILES string of the molecule is FC(F)(F)c1ccc(Nc2ccnc(C(F)(F)F)n2)nc1. The van der Waals surface area contributed by atoms with Crippen LogP contribution in [-0.4, -0.2) is 15.0 Å². The average molecular weight is 308 g/mol. The van der Waals surface area contributed by atoms with Crippen LogP contribution in [0.3, 0.4) is 0 Å². The molecule has 0 spiro atoms. The van der Waals surface area contributed by atoms with Gasteiger partial charge in [0.25, 0.3) is 0 Å². The Morgan fingerprint density at radius 1 is 0.810 bits per heavy atom. The smallest absolute Gasteiger partial charge is 0.325 e. The molecule has 0 aliphatic carbocycles. The van der Waals surface area contributed by atoms with Gasteiger partial charge in [0, 0.05) is 12.4 Å². The maximum atomic E-state index is 12.4. The van der Waals surface area contributed by atoms with E-state index in [4.69, 9.17) is 0 Å². The summed E-state index contributed by atoms with van der Waals surface area (Å²) >= 11 is 0. The van der Waals surface area contributed by atoms with Crippen LogP contribution in [0.2, 0.25) is 0 Å². The first-order valence-electron chi connectivity index (χ1n) is 5.37. The third-order valence-corrected chi connectivity index (χ3v) is 2.26. The number of hydrogen-bond acceptors (Lipinski definition) is 4. The molecule has 0 radical (unpaired) electrons. The van der Waals surface area contributed by atoms with Crippen LogP contribution in [0.25, 0.3) is 0 Å². The summed E-state index contributed by atoms with van der Waals surface area (Å²) in [5.74, 6) is -1.67. The number of nitrogens with one attached hydrogen (secondary N) is 1. The van der Waals surface area contributed by atoms with Crippen LogP contribution in [0.15, 0.2) is 30.6 Å². The van der Waals surface area contributed by atoms with Crippen molar-refractivity contribution in [1.29, 1.82) is 0 Å². The van der Waals surface area contributed by atoms with Crippen LogP contribution >= 0.6 is 0 Å². The second kappa shape index (κ2) is 5.19. The first-order valence-corrected chi connectivity index (χ1v) is 5.37. The lowest BCUT2D eigenvalue weighted by molar-refractivity contribution is -0.145. The third kappa shape index (κ3) is 3.80. The summed E-state index contributed by atoms with van der Waals surface area (Å²) in [6, 6.07) is 2.87. The molecule has 0 atom stereocenters. The van der Waals surface area contributed by atoms with Gasteiger partial charge in [-0.25, -0.2) is 15.0 Å². The summed E-state index contributed by atoms with van der Waals surface area (Å²) in [5, 5.41) is 2.37. The molecular weight excluding hydrogens is 302 g/mol. The maximum absolute atomic E-state index is 12.4. The summed E-state index contributed by atoms with van der Waals surface area (Å²) in [4.78, 5) is 9.71. The number of hydrogen-bond donors (Lipinski definition) is 1. The fourth-order valence-corrected chi connectivity index (χ4v) is 1.33. The molecule has 4 nitrogen and oxygen atoms in total. The summed E-state index contributed by atoms with van der Waals surface area (Å²) in [6.07, 6.45) is -7.81. The van der Waals surface area contributed by atoms with Crippen molar-refractivity contribution in [3.8, 4) is 0 Å². The summed E-state index contributed by atoms with van der Waals surface area (Å²) in [7, 11) is 0. The van der Waals surface area contributed by atoms with E-state index in [0.717, 1.165) is 24.4 Å². The van der Waals surface area contributed by atoms with E-state index >= 15 is 0 Å². The maximum Gasteiger partial charge on any atom is 0.451 e. The average Bonchev–Trinajstić information content (AvgIpc) is 2.37. The normalized spacial score (nSPS) is 12.3. The number of rotatable bonds is 2. The molecule has 2 heterocycles. The second-order valence-corrected chi connectivity index (χ2v) is 3.82. The van der Waals surface area contributed by atoms with E-state index in [9.17, 15) is 26.3 Å². The fraction of sp³-hybridized carbons (Fsp3) is 0.182. The van der Waals surface area contributed by atoms with Crippen LogP contribution in [0.1, 0.15) is 11.4 Å². The highest BCUT2D eigenvalue weighted by Gasteiger charge is 2.34. The van der Waals surface area contributed by atoms with Crippen molar-refractivity contribution in [2.45, 2.75) is 12.4 Å². The fourth-order valence-electron chi connectivity index (χ4n) is 1.33. The number of pyridine rings is 1. The van der Waals surface area contributed by atoms with E-state index in [1.807, 2.05) is 0 Å². The Morgan fingerprint density at radius 3 is 2.05 bits per heavy atom. The summed E-state index contributed by atoms with van der Waals surface area (Å²) in [5.41, 5.74) is -0.966. The summed E-state index contributed by atoms with van der Waals surface area (Å²) < 4.78 is 74.2. The second-order valence-electron chi connectivity index (χ2n) is 3.82. The molecule has 21 heavy (non-hydrogen) atoms. The first kappa shape index (κ1) is 15.0. The van der Waals surface area contributed by atoms with Gasteiger partial charge in [0.05, 0.1) is 5.56 Å². The van der Waals surface area contributed by atoms with Gasteiger partial charge in [0.1, 0.15) is 11.6 Å². The van der Waals surface area contributed by atoms with Crippen LogP contribution in [0.5, 0.6) is 0 Å². The minimum absolute atomic E-state index is 0.0742. The highest BCUT2D eigenvalue weighted by Crippen LogP contribution is 2.29. The molecule has 0 amide bonds. The molecule has 2 aromatic heterocycles. The van der Waals surface area contributed by atoms with Crippen LogP contribution < -0.4 is 5.32 Å². The van der Waals surface area contributed by atoms with Gasteiger partial charge in [-0.15, -0.1) is 0 Å². The van der Waals surface area contributed by atoms with Crippen molar-refractivity contribution < 1.29 is 26.3 Å². The number of alkyl halides is 6. The molecule has 112 valence electrons. The quantitative estimate of drug-likeness (QED) is 0.860. The standard InChI is InChI=1S/C11H6F6N4/c12-10(13,14)6-1-2-7(19-5-6)20-8-3-4-18-9(21-8)11(15,16)17/h1-5H,(H,18,19,20,21). The molecule has 2 rings (SSSR count). The van der Waals surface area contributed by atoms with Crippen LogP contribution in [-0.2, 0) is 12.4 Å². The predicted octanol–water partition coefficient (Wildman–Crippen LogP) is 3.65. The van der Waals surface area contributed by atoms with Crippen molar-refractivity contribution >= 4 is 11.6 Å². The molecule has 0 saturated carbocycles. The monoisotopic (exact) mass is 308 g/mol. The lowest BCUT2D eigenvalue weighted by Crippen LogP contribution is -2.12. The first-order chi connectivity index (χ1) is 9.66. The zero-order valence-corrected chi connectivity index (χ0v) is 10.00. The molecule has 2 aromatic rings. The molecular formula is C11H6F6N4. The molecule has 0 aromatic carbocycles. The Hall–Kier alpha value is -2.39. The topological polar surface area (TPSA) is 50.7 Å². The zero-order chi connectivity index (χ0) is 15.7. The molecule has 10 heteroatoms. The molecule has 0 saturated heterocycles. The Labute approximate surface area is 113 Å². The number of nitrogens with zero attached hydrogens (tertiary/aromatic N) is 3. The Bertz CT molecular complexity index is 620. The van der Waals surface area contributed by atoms with Gasteiger partial charge in [-0.2, -0.15) is 26.3 Å². The predicted molar refractivity (Wildman–Crippen MR) is 59.6 cm³/mol. The third-order valence-electron chi connectivity index (χ3n) is 2.26. The molecule has 0 unspecified atom stereocenters. The van der Waals surface area contributed by atoms with Gasteiger partial charge < -0.3 is 5.32 Å². The van der Waals surface area contributed by atoms with Gasteiger partial charge in [-0.05, 0) is 18.2 Å². The summed E-state index contributed by atoms with van der Waals surface area (Å²) in [6.45, 7) is 0. The molecule has 0 fully saturated rings. The minimum Gasteiger partial charge on any atom is -0.325 e. The van der Waals surface area contributed by atoms with E-state index in [2.05, 4.69) is 20.3 Å². The number of aromatic nitrogens is 3. The molecule has 1 N–H and O–H groups in total. The van der Waals surface area contributed by atoms with E-state index in [0.29, 0.717) is 6.20 Å². The van der Waals surface area contributed by atoms with Crippen molar-refractivity contribution in [2.24, 2.45) is 0 Å². The molecule has 0 bridgehead atoms. The zero-order valence-electron chi connectivity index (χ0n) is 10.00. The molecule has 0 aliphatic heterocycles. The largest absolute Gasteiger partial charge is 0.451 e. The van der Waals surface area contributed by atoms with Gasteiger partial charge in [-0.1, -0.05) is 0 Å². The van der Waals surface area contributed by atoms with Gasteiger partial charge in [0.2, 0.25) is 5.82 Å². The highest BCUT2D eigenvalue weighted by molar-refractivity contribution is 5.51. The number of halogens is 6.